The largest absolute Gasteiger partial charge is 0.319 e. The topological polar surface area (TPSA) is 90.5 Å². The van der Waals surface area contributed by atoms with Gasteiger partial charge in [0.05, 0.1) is 28.0 Å². The Bertz CT molecular complexity index is 1390. The van der Waals surface area contributed by atoms with Gasteiger partial charge in [0.2, 0.25) is 0 Å². The number of anilines is 1. The maximum atomic E-state index is 13.5. The molecule has 1 N–H and O–H groups in total. The fraction of sp³-hybridized carbons (Fsp3) is 0.0870. The zero-order valence-corrected chi connectivity index (χ0v) is 17.0. The van der Waals surface area contributed by atoms with E-state index in [-0.39, 0.29) is 5.91 Å². The number of carbonyl (C=O) groups is 1. The summed E-state index contributed by atoms with van der Waals surface area (Å²) < 4.78 is 3.32. The Balaban J connectivity index is 1.63. The highest BCUT2D eigenvalue weighted by Gasteiger charge is 2.20. The van der Waals surface area contributed by atoms with Crippen LogP contribution < -0.4 is 5.32 Å². The minimum atomic E-state index is -0.262. The van der Waals surface area contributed by atoms with Gasteiger partial charge in [-0.05, 0) is 31.2 Å². The van der Waals surface area contributed by atoms with E-state index in [1.807, 2.05) is 50.4 Å². The molecule has 4 heterocycles. The number of carbonyl (C=O) groups excluding carboxylic acids is 1. The fourth-order valence-corrected chi connectivity index (χ4v) is 3.64. The van der Waals surface area contributed by atoms with E-state index in [0.717, 1.165) is 16.6 Å². The first-order valence-electron chi connectivity index (χ1n) is 9.78. The van der Waals surface area contributed by atoms with Crippen molar-refractivity contribution in [1.29, 1.82) is 0 Å². The highest BCUT2D eigenvalue weighted by Crippen LogP contribution is 2.28. The quantitative estimate of drug-likeness (QED) is 0.488. The van der Waals surface area contributed by atoms with Crippen molar-refractivity contribution in [3.63, 3.8) is 0 Å². The molecule has 0 saturated heterocycles. The second-order valence-corrected chi connectivity index (χ2v) is 7.11. The minimum absolute atomic E-state index is 0.262. The molecule has 1 aromatic carbocycles. The Morgan fingerprint density at radius 1 is 1.03 bits per heavy atom. The van der Waals surface area contributed by atoms with Gasteiger partial charge in [-0.3, -0.25) is 9.48 Å². The lowest BCUT2D eigenvalue weighted by Crippen LogP contribution is -2.16. The Hall–Kier alpha value is -4.33. The SMILES string of the molecule is Cc1nn(C)c2nc(-c3ccccc3)cc(C(=O)Nc3cccnc3-n3cccn3)c12. The summed E-state index contributed by atoms with van der Waals surface area (Å²) >= 11 is 0. The van der Waals surface area contributed by atoms with Gasteiger partial charge in [-0.25, -0.2) is 14.6 Å². The molecule has 8 heteroatoms. The number of hydrogen-bond acceptors (Lipinski definition) is 5. The van der Waals surface area contributed by atoms with Crippen LogP contribution in [0.3, 0.4) is 0 Å². The number of hydrogen-bond donors (Lipinski definition) is 1. The van der Waals surface area contributed by atoms with Crippen molar-refractivity contribution in [2.24, 2.45) is 7.05 Å². The van der Waals surface area contributed by atoms with Gasteiger partial charge >= 0.3 is 0 Å². The van der Waals surface area contributed by atoms with Crippen LogP contribution in [0, 0.1) is 6.92 Å². The number of rotatable bonds is 4. The van der Waals surface area contributed by atoms with E-state index in [4.69, 9.17) is 4.98 Å². The summed E-state index contributed by atoms with van der Waals surface area (Å²) in [5.41, 5.74) is 4.10. The van der Waals surface area contributed by atoms with Crippen molar-refractivity contribution < 1.29 is 4.79 Å². The number of pyridine rings is 2. The first-order chi connectivity index (χ1) is 15.1. The van der Waals surface area contributed by atoms with Gasteiger partial charge in [-0.2, -0.15) is 10.2 Å². The summed E-state index contributed by atoms with van der Waals surface area (Å²) in [4.78, 5) is 22.6. The van der Waals surface area contributed by atoms with Crippen molar-refractivity contribution in [1.82, 2.24) is 29.5 Å². The summed E-state index contributed by atoms with van der Waals surface area (Å²) in [5, 5.41) is 12.4. The number of aromatic nitrogens is 6. The van der Waals surface area contributed by atoms with E-state index in [9.17, 15) is 4.79 Å². The van der Waals surface area contributed by atoms with Crippen molar-refractivity contribution >= 4 is 22.6 Å². The average Bonchev–Trinajstić information content (AvgIpc) is 3.43. The Kier molecular flexibility index (Phi) is 4.51. The van der Waals surface area contributed by atoms with E-state index in [1.54, 1.807) is 46.2 Å². The lowest BCUT2D eigenvalue weighted by Gasteiger charge is -2.12. The molecule has 8 nitrogen and oxygen atoms in total. The third-order valence-electron chi connectivity index (χ3n) is 5.04. The molecular weight excluding hydrogens is 390 g/mol. The van der Waals surface area contributed by atoms with Crippen molar-refractivity contribution in [2.45, 2.75) is 6.92 Å². The molecule has 1 amide bonds. The zero-order chi connectivity index (χ0) is 21.4. The summed E-state index contributed by atoms with van der Waals surface area (Å²) in [7, 11) is 1.83. The molecule has 0 aliphatic carbocycles. The molecule has 0 saturated carbocycles. The molecule has 0 bridgehead atoms. The van der Waals surface area contributed by atoms with Crippen LogP contribution in [-0.4, -0.2) is 35.4 Å². The van der Waals surface area contributed by atoms with Crippen LogP contribution in [0.15, 0.2) is 73.2 Å². The van der Waals surface area contributed by atoms with Gasteiger partial charge in [0.25, 0.3) is 5.91 Å². The summed E-state index contributed by atoms with van der Waals surface area (Å²) in [6, 6.07) is 17.0. The Morgan fingerprint density at radius 2 is 1.87 bits per heavy atom. The first kappa shape index (κ1) is 18.7. The van der Waals surface area contributed by atoms with Gasteiger partial charge in [-0.1, -0.05) is 30.3 Å². The second kappa shape index (κ2) is 7.49. The summed E-state index contributed by atoms with van der Waals surface area (Å²) in [6.45, 7) is 1.88. The van der Waals surface area contributed by atoms with E-state index in [0.29, 0.717) is 28.4 Å². The minimum Gasteiger partial charge on any atom is -0.319 e. The maximum absolute atomic E-state index is 13.5. The molecule has 152 valence electrons. The monoisotopic (exact) mass is 409 g/mol. The van der Waals surface area contributed by atoms with Crippen molar-refractivity contribution in [2.75, 3.05) is 5.32 Å². The lowest BCUT2D eigenvalue weighted by molar-refractivity contribution is 0.102. The van der Waals surface area contributed by atoms with Gasteiger partial charge in [-0.15, -0.1) is 0 Å². The molecular formula is C23H19N7O. The number of amides is 1. The Morgan fingerprint density at radius 3 is 2.65 bits per heavy atom. The van der Waals surface area contributed by atoms with Crippen molar-refractivity contribution in [3.05, 3.63) is 84.4 Å². The number of benzene rings is 1. The fourth-order valence-electron chi connectivity index (χ4n) is 3.64. The summed E-state index contributed by atoms with van der Waals surface area (Å²) in [5.74, 6) is 0.277. The maximum Gasteiger partial charge on any atom is 0.256 e. The predicted octanol–water partition coefficient (Wildman–Crippen LogP) is 3.78. The van der Waals surface area contributed by atoms with Crippen molar-refractivity contribution in [3.8, 4) is 17.1 Å². The smallest absolute Gasteiger partial charge is 0.256 e. The average molecular weight is 409 g/mol. The Labute approximate surface area is 178 Å². The molecule has 4 aromatic heterocycles. The summed E-state index contributed by atoms with van der Waals surface area (Å²) in [6.07, 6.45) is 5.11. The molecule has 0 fully saturated rings. The number of nitrogens with zero attached hydrogens (tertiary/aromatic N) is 6. The third-order valence-corrected chi connectivity index (χ3v) is 5.04. The van der Waals surface area contributed by atoms with Crippen LogP contribution >= 0.6 is 0 Å². The van der Waals surface area contributed by atoms with Gasteiger partial charge in [0.15, 0.2) is 11.5 Å². The number of nitrogens with one attached hydrogen (secondary N) is 1. The zero-order valence-electron chi connectivity index (χ0n) is 17.0. The molecule has 0 spiro atoms. The van der Waals surface area contributed by atoms with Crippen LogP contribution in [0.2, 0.25) is 0 Å². The van der Waals surface area contributed by atoms with E-state index in [1.165, 1.54) is 0 Å². The number of fused-ring (bicyclic) bond motifs is 1. The third kappa shape index (κ3) is 3.33. The van der Waals surface area contributed by atoms with Gasteiger partial charge in [0.1, 0.15) is 0 Å². The molecule has 5 rings (SSSR count). The molecule has 31 heavy (non-hydrogen) atoms. The molecule has 5 aromatic rings. The predicted molar refractivity (Wildman–Crippen MR) is 118 cm³/mol. The van der Waals surface area contributed by atoms with E-state index >= 15 is 0 Å². The van der Waals surface area contributed by atoms with Crippen LogP contribution in [0.5, 0.6) is 0 Å². The second-order valence-electron chi connectivity index (χ2n) is 7.11. The van der Waals surface area contributed by atoms with Gasteiger partial charge in [0, 0.05) is 31.2 Å². The molecule has 0 radical (unpaired) electrons. The van der Waals surface area contributed by atoms with E-state index in [2.05, 4.69) is 20.5 Å². The highest BCUT2D eigenvalue weighted by atomic mass is 16.1. The van der Waals surface area contributed by atoms with Crippen LogP contribution in [0.25, 0.3) is 28.1 Å². The van der Waals surface area contributed by atoms with Gasteiger partial charge < -0.3 is 5.32 Å². The van der Waals surface area contributed by atoms with Crippen LogP contribution in [-0.2, 0) is 7.05 Å². The molecule has 0 unspecified atom stereocenters. The number of aryl methyl sites for hydroxylation is 2. The standard InChI is InChI=1S/C23H19N7O/c1-15-20-17(14-19(16-8-4-3-5-9-16)26-22(20)29(2)28-15)23(31)27-18-10-6-11-24-21(18)30-13-7-12-25-30/h3-14H,1-2H3,(H,27,31). The highest BCUT2D eigenvalue weighted by molar-refractivity contribution is 6.13. The molecule has 0 atom stereocenters. The van der Waals surface area contributed by atoms with Crippen LogP contribution in [0.1, 0.15) is 16.1 Å². The molecule has 0 aliphatic rings. The van der Waals surface area contributed by atoms with Crippen LogP contribution in [0.4, 0.5) is 5.69 Å². The van der Waals surface area contributed by atoms with E-state index < -0.39 is 0 Å². The normalized spacial score (nSPS) is 11.0. The molecule has 0 aliphatic heterocycles. The lowest BCUT2D eigenvalue weighted by atomic mass is 10.0. The first-order valence-corrected chi connectivity index (χ1v) is 9.78.